The molecular formula is C15H30N2O. The zero-order valence-electron chi connectivity index (χ0n) is 12.3. The van der Waals surface area contributed by atoms with Crippen LogP contribution in [0.5, 0.6) is 0 Å². The normalized spacial score (nSPS) is 33.5. The summed E-state index contributed by atoms with van der Waals surface area (Å²) in [6.07, 6.45) is 7.53. The molecule has 1 N–H and O–H groups in total. The van der Waals surface area contributed by atoms with Gasteiger partial charge in [-0.15, -0.1) is 0 Å². The molecule has 0 radical (unpaired) electrons. The van der Waals surface area contributed by atoms with Crippen molar-refractivity contribution in [3.05, 3.63) is 0 Å². The fourth-order valence-corrected chi connectivity index (χ4v) is 3.49. The van der Waals surface area contributed by atoms with Gasteiger partial charge in [-0.25, -0.2) is 0 Å². The van der Waals surface area contributed by atoms with E-state index in [9.17, 15) is 0 Å². The maximum Gasteiger partial charge on any atom is 0.0674 e. The van der Waals surface area contributed by atoms with Crippen LogP contribution < -0.4 is 5.32 Å². The predicted molar refractivity (Wildman–Crippen MR) is 75.9 cm³/mol. The Labute approximate surface area is 112 Å². The monoisotopic (exact) mass is 254 g/mol. The van der Waals surface area contributed by atoms with Gasteiger partial charge >= 0.3 is 0 Å². The number of likely N-dealkylation sites (N-methyl/N-ethyl adjacent to an activating group) is 1. The molecule has 3 atom stereocenters. The molecule has 0 aromatic rings. The highest BCUT2D eigenvalue weighted by Crippen LogP contribution is 2.27. The lowest BCUT2D eigenvalue weighted by molar-refractivity contribution is -0.0543. The maximum atomic E-state index is 5.72. The van der Waals surface area contributed by atoms with Crippen molar-refractivity contribution >= 4 is 0 Å². The molecule has 0 bridgehead atoms. The summed E-state index contributed by atoms with van der Waals surface area (Å²) in [6.45, 7) is 7.65. The molecule has 0 amide bonds. The van der Waals surface area contributed by atoms with Crippen molar-refractivity contribution in [2.75, 3.05) is 26.7 Å². The number of ether oxygens (including phenoxy) is 1. The van der Waals surface area contributed by atoms with E-state index in [-0.39, 0.29) is 0 Å². The summed E-state index contributed by atoms with van der Waals surface area (Å²) < 4.78 is 5.72. The van der Waals surface area contributed by atoms with Crippen LogP contribution in [0.25, 0.3) is 0 Å². The van der Waals surface area contributed by atoms with Crippen LogP contribution in [0.1, 0.15) is 46.0 Å². The molecule has 0 aromatic carbocycles. The van der Waals surface area contributed by atoms with Gasteiger partial charge in [0.25, 0.3) is 0 Å². The van der Waals surface area contributed by atoms with E-state index in [1.54, 1.807) is 0 Å². The summed E-state index contributed by atoms with van der Waals surface area (Å²) >= 11 is 0. The second-order valence-electron chi connectivity index (χ2n) is 6.24. The molecule has 3 unspecified atom stereocenters. The minimum Gasteiger partial charge on any atom is -0.376 e. The van der Waals surface area contributed by atoms with Gasteiger partial charge in [0.2, 0.25) is 0 Å². The Balaban J connectivity index is 1.87. The summed E-state index contributed by atoms with van der Waals surface area (Å²) in [7, 11) is 2.13. The van der Waals surface area contributed by atoms with E-state index < -0.39 is 0 Å². The van der Waals surface area contributed by atoms with Gasteiger partial charge in [-0.3, -0.25) is 4.90 Å². The summed E-state index contributed by atoms with van der Waals surface area (Å²) in [5, 5.41) is 3.57. The minimum atomic E-state index is 0.394. The summed E-state index contributed by atoms with van der Waals surface area (Å²) in [4.78, 5) is 2.62. The first-order chi connectivity index (χ1) is 8.70. The van der Waals surface area contributed by atoms with Crippen LogP contribution in [0.15, 0.2) is 0 Å². The quantitative estimate of drug-likeness (QED) is 0.833. The van der Waals surface area contributed by atoms with Gasteiger partial charge in [-0.05, 0) is 39.7 Å². The van der Waals surface area contributed by atoms with Crippen molar-refractivity contribution in [3.8, 4) is 0 Å². The van der Waals surface area contributed by atoms with Gasteiger partial charge in [0.1, 0.15) is 0 Å². The fraction of sp³-hybridized carbons (Fsp3) is 1.00. The lowest BCUT2D eigenvalue weighted by Crippen LogP contribution is -2.53. The SMILES string of the molecule is CNC(CN1CC(C)OCC1C)C1CCCCC1. The van der Waals surface area contributed by atoms with Crippen molar-refractivity contribution in [1.29, 1.82) is 0 Å². The Morgan fingerprint density at radius 1 is 1.22 bits per heavy atom. The van der Waals surface area contributed by atoms with Crippen molar-refractivity contribution in [3.63, 3.8) is 0 Å². The number of morpholine rings is 1. The second kappa shape index (κ2) is 6.88. The van der Waals surface area contributed by atoms with Gasteiger partial charge in [0, 0.05) is 25.2 Å². The third-order valence-electron chi connectivity index (χ3n) is 4.76. The Bertz CT molecular complexity index is 241. The molecule has 3 nitrogen and oxygen atoms in total. The predicted octanol–water partition coefficient (Wildman–Crippen LogP) is 2.26. The molecular weight excluding hydrogens is 224 g/mol. The van der Waals surface area contributed by atoms with E-state index in [4.69, 9.17) is 4.74 Å². The smallest absolute Gasteiger partial charge is 0.0674 e. The molecule has 2 aliphatic rings. The summed E-state index contributed by atoms with van der Waals surface area (Å²) in [5.74, 6) is 0.883. The average Bonchev–Trinajstić information content (AvgIpc) is 2.41. The van der Waals surface area contributed by atoms with Crippen LogP contribution in [0.3, 0.4) is 0 Å². The van der Waals surface area contributed by atoms with Crippen LogP contribution in [0.4, 0.5) is 0 Å². The maximum absolute atomic E-state index is 5.72. The molecule has 1 heterocycles. The first kappa shape index (κ1) is 14.3. The van der Waals surface area contributed by atoms with Gasteiger partial charge in [0.15, 0.2) is 0 Å². The third kappa shape index (κ3) is 3.69. The van der Waals surface area contributed by atoms with Crippen molar-refractivity contribution in [2.45, 2.75) is 64.1 Å². The molecule has 0 spiro atoms. The molecule has 3 heteroatoms. The highest BCUT2D eigenvalue weighted by atomic mass is 16.5. The Morgan fingerprint density at radius 3 is 2.61 bits per heavy atom. The zero-order valence-corrected chi connectivity index (χ0v) is 12.3. The molecule has 1 saturated heterocycles. The molecule has 0 aromatic heterocycles. The molecule has 1 saturated carbocycles. The Hall–Kier alpha value is -0.120. The Morgan fingerprint density at radius 2 is 1.94 bits per heavy atom. The first-order valence-corrected chi connectivity index (χ1v) is 7.73. The fourth-order valence-electron chi connectivity index (χ4n) is 3.49. The van der Waals surface area contributed by atoms with Crippen LogP contribution in [0, 0.1) is 5.92 Å². The van der Waals surface area contributed by atoms with E-state index in [2.05, 4.69) is 31.1 Å². The van der Waals surface area contributed by atoms with E-state index in [1.807, 2.05) is 0 Å². The molecule has 1 aliphatic carbocycles. The first-order valence-electron chi connectivity index (χ1n) is 7.73. The molecule has 106 valence electrons. The van der Waals surface area contributed by atoms with Gasteiger partial charge in [-0.1, -0.05) is 19.3 Å². The number of hydrogen-bond acceptors (Lipinski definition) is 3. The van der Waals surface area contributed by atoms with E-state index >= 15 is 0 Å². The third-order valence-corrected chi connectivity index (χ3v) is 4.76. The van der Waals surface area contributed by atoms with Crippen LogP contribution in [0.2, 0.25) is 0 Å². The minimum absolute atomic E-state index is 0.394. The highest BCUT2D eigenvalue weighted by molar-refractivity contribution is 4.85. The van der Waals surface area contributed by atoms with Crippen molar-refractivity contribution in [2.24, 2.45) is 5.92 Å². The number of nitrogens with one attached hydrogen (secondary N) is 1. The standard InChI is InChI=1S/C15H30N2O/c1-12-11-18-13(2)9-17(12)10-15(16-3)14-7-5-4-6-8-14/h12-16H,4-11H2,1-3H3. The highest BCUT2D eigenvalue weighted by Gasteiger charge is 2.29. The van der Waals surface area contributed by atoms with Crippen LogP contribution >= 0.6 is 0 Å². The van der Waals surface area contributed by atoms with Crippen molar-refractivity contribution < 1.29 is 4.74 Å². The summed E-state index contributed by atoms with van der Waals surface area (Å²) in [5.41, 5.74) is 0. The van der Waals surface area contributed by atoms with Gasteiger partial charge in [-0.2, -0.15) is 0 Å². The number of hydrogen-bond donors (Lipinski definition) is 1. The number of nitrogens with zero attached hydrogens (tertiary/aromatic N) is 1. The lowest BCUT2D eigenvalue weighted by atomic mass is 9.83. The zero-order chi connectivity index (χ0) is 13.0. The van der Waals surface area contributed by atoms with E-state index in [1.165, 1.54) is 38.6 Å². The van der Waals surface area contributed by atoms with E-state index in [0.717, 1.165) is 19.1 Å². The van der Waals surface area contributed by atoms with Gasteiger partial charge < -0.3 is 10.1 Å². The average molecular weight is 254 g/mol. The second-order valence-corrected chi connectivity index (χ2v) is 6.24. The largest absolute Gasteiger partial charge is 0.376 e. The molecule has 2 fully saturated rings. The van der Waals surface area contributed by atoms with Crippen molar-refractivity contribution in [1.82, 2.24) is 10.2 Å². The van der Waals surface area contributed by atoms with E-state index in [0.29, 0.717) is 18.2 Å². The Kier molecular flexibility index (Phi) is 5.46. The van der Waals surface area contributed by atoms with Gasteiger partial charge in [0.05, 0.1) is 12.7 Å². The van der Waals surface area contributed by atoms with Crippen LogP contribution in [-0.4, -0.2) is 49.8 Å². The molecule has 2 rings (SSSR count). The number of rotatable bonds is 4. The van der Waals surface area contributed by atoms with Crippen LogP contribution in [-0.2, 0) is 4.74 Å². The molecule has 18 heavy (non-hydrogen) atoms. The summed E-state index contributed by atoms with van der Waals surface area (Å²) in [6, 6.07) is 1.23. The lowest BCUT2D eigenvalue weighted by Gasteiger charge is -2.41. The topological polar surface area (TPSA) is 24.5 Å². The molecule has 1 aliphatic heterocycles.